The van der Waals surface area contributed by atoms with Crippen molar-refractivity contribution >= 4 is 17.6 Å². The Hall–Kier alpha value is -3.22. The van der Waals surface area contributed by atoms with Gasteiger partial charge in [0.1, 0.15) is 6.54 Å². The number of carboxylic acid groups (broad SMARTS) is 1. The number of carbonyl (C=O) groups excluding carboxylic acids is 1. The van der Waals surface area contributed by atoms with E-state index in [9.17, 15) is 9.59 Å². The van der Waals surface area contributed by atoms with Crippen molar-refractivity contribution in [3.63, 3.8) is 0 Å². The van der Waals surface area contributed by atoms with Gasteiger partial charge in [-0.15, -0.1) is 0 Å². The Kier molecular flexibility index (Phi) is 7.05. The first-order chi connectivity index (χ1) is 13.0. The number of carbonyl (C=O) groups is 2. The van der Waals surface area contributed by atoms with Crippen LogP contribution in [0.5, 0.6) is 17.2 Å². The summed E-state index contributed by atoms with van der Waals surface area (Å²) in [4.78, 5) is 25.1. The molecule has 0 spiro atoms. The van der Waals surface area contributed by atoms with Gasteiger partial charge in [-0.3, -0.25) is 9.59 Å². The van der Waals surface area contributed by atoms with Crippen LogP contribution in [0.1, 0.15) is 12.0 Å². The summed E-state index contributed by atoms with van der Waals surface area (Å²) in [5.41, 5.74) is 1.37. The maximum atomic E-state index is 12.7. The lowest BCUT2D eigenvalue weighted by Gasteiger charge is -2.21. The Balaban J connectivity index is 2.18. The van der Waals surface area contributed by atoms with Gasteiger partial charge in [-0.1, -0.05) is 18.2 Å². The van der Waals surface area contributed by atoms with Crippen LogP contribution in [0.3, 0.4) is 0 Å². The second kappa shape index (κ2) is 9.47. The number of benzene rings is 2. The molecule has 2 rings (SSSR count). The Labute approximate surface area is 158 Å². The number of aliphatic carboxylic acids is 1. The molecule has 1 N–H and O–H groups in total. The lowest BCUT2D eigenvalue weighted by Crippen LogP contribution is -2.35. The van der Waals surface area contributed by atoms with Crippen molar-refractivity contribution in [3.05, 3.63) is 48.0 Å². The molecule has 0 aliphatic carbocycles. The molecule has 0 saturated carbocycles. The maximum absolute atomic E-state index is 12.7. The molecule has 0 atom stereocenters. The quantitative estimate of drug-likeness (QED) is 0.727. The van der Waals surface area contributed by atoms with E-state index < -0.39 is 12.5 Å². The highest BCUT2D eigenvalue weighted by molar-refractivity contribution is 5.97. The maximum Gasteiger partial charge on any atom is 0.323 e. The summed E-state index contributed by atoms with van der Waals surface area (Å²) >= 11 is 0. The molecule has 0 saturated heterocycles. The molecule has 7 nitrogen and oxygen atoms in total. The highest BCUT2D eigenvalue weighted by Crippen LogP contribution is 2.38. The molecule has 2 aromatic carbocycles. The molecule has 0 aromatic heterocycles. The van der Waals surface area contributed by atoms with Crippen LogP contribution >= 0.6 is 0 Å². The number of hydrogen-bond acceptors (Lipinski definition) is 5. The topological polar surface area (TPSA) is 85.3 Å². The number of methoxy groups -OCH3 is 3. The van der Waals surface area contributed by atoms with Gasteiger partial charge < -0.3 is 24.2 Å². The zero-order valence-electron chi connectivity index (χ0n) is 15.6. The van der Waals surface area contributed by atoms with Crippen molar-refractivity contribution < 1.29 is 28.9 Å². The van der Waals surface area contributed by atoms with Crippen LogP contribution in [-0.2, 0) is 16.0 Å². The zero-order chi connectivity index (χ0) is 19.8. The van der Waals surface area contributed by atoms with Crippen molar-refractivity contribution in [1.82, 2.24) is 0 Å². The minimum Gasteiger partial charge on any atom is -0.493 e. The third-order valence-electron chi connectivity index (χ3n) is 4.01. The van der Waals surface area contributed by atoms with Crippen LogP contribution in [0.2, 0.25) is 0 Å². The van der Waals surface area contributed by atoms with Gasteiger partial charge in [0, 0.05) is 12.1 Å². The van der Waals surface area contributed by atoms with Gasteiger partial charge in [0.05, 0.1) is 21.3 Å². The number of hydrogen-bond donors (Lipinski definition) is 1. The number of ether oxygens (including phenoxy) is 3. The van der Waals surface area contributed by atoms with Crippen LogP contribution in [-0.4, -0.2) is 44.9 Å². The summed E-state index contributed by atoms with van der Waals surface area (Å²) in [6.07, 6.45) is 0.541. The second-order valence-electron chi connectivity index (χ2n) is 5.74. The third-order valence-corrected chi connectivity index (χ3v) is 4.01. The smallest absolute Gasteiger partial charge is 0.323 e. The van der Waals surface area contributed by atoms with E-state index in [2.05, 4.69) is 0 Å². The number of carboxylic acids is 1. The van der Waals surface area contributed by atoms with E-state index >= 15 is 0 Å². The predicted molar refractivity (Wildman–Crippen MR) is 101 cm³/mol. The van der Waals surface area contributed by atoms with Crippen molar-refractivity contribution in [1.29, 1.82) is 0 Å². The number of rotatable bonds is 9. The minimum absolute atomic E-state index is 0.140. The van der Waals surface area contributed by atoms with E-state index in [0.717, 1.165) is 5.56 Å². The third kappa shape index (κ3) is 5.13. The van der Waals surface area contributed by atoms with E-state index in [1.54, 1.807) is 36.4 Å². The normalized spacial score (nSPS) is 10.2. The van der Waals surface area contributed by atoms with Crippen LogP contribution in [0.15, 0.2) is 42.5 Å². The Morgan fingerprint density at radius 3 is 2.04 bits per heavy atom. The fourth-order valence-electron chi connectivity index (χ4n) is 2.73. The molecule has 0 aliphatic heterocycles. The van der Waals surface area contributed by atoms with Gasteiger partial charge in [-0.05, 0) is 36.2 Å². The van der Waals surface area contributed by atoms with E-state index in [0.29, 0.717) is 29.4 Å². The van der Waals surface area contributed by atoms with Crippen molar-refractivity contribution in [2.24, 2.45) is 0 Å². The van der Waals surface area contributed by atoms with E-state index in [1.807, 2.05) is 6.07 Å². The number of para-hydroxylation sites is 1. The number of amides is 1. The Morgan fingerprint density at radius 1 is 0.963 bits per heavy atom. The summed E-state index contributed by atoms with van der Waals surface area (Å²) in [5, 5.41) is 9.13. The molecule has 144 valence electrons. The Morgan fingerprint density at radius 2 is 1.56 bits per heavy atom. The SMILES string of the molecule is COc1cc(CCC(=O)N(CC(=O)O)c2ccccc2)cc(OC)c1OC. The average molecular weight is 373 g/mol. The molecule has 0 aliphatic rings. The predicted octanol–water partition coefficient (Wildman–Crippen LogP) is 2.76. The van der Waals surface area contributed by atoms with Crippen LogP contribution in [0.4, 0.5) is 5.69 Å². The van der Waals surface area contributed by atoms with E-state index in [1.165, 1.54) is 26.2 Å². The highest BCUT2D eigenvalue weighted by Gasteiger charge is 2.19. The highest BCUT2D eigenvalue weighted by atomic mass is 16.5. The monoisotopic (exact) mass is 373 g/mol. The molecule has 1 amide bonds. The van der Waals surface area contributed by atoms with Gasteiger partial charge in [-0.2, -0.15) is 0 Å². The summed E-state index contributed by atoms with van der Waals surface area (Å²) in [6.45, 7) is -0.391. The van der Waals surface area contributed by atoms with Crippen molar-refractivity contribution in [3.8, 4) is 17.2 Å². The molecule has 7 heteroatoms. The summed E-state index contributed by atoms with van der Waals surface area (Å²) in [6, 6.07) is 12.3. The molecule has 0 radical (unpaired) electrons. The second-order valence-corrected chi connectivity index (χ2v) is 5.74. The largest absolute Gasteiger partial charge is 0.493 e. The standard InChI is InChI=1S/C20H23NO6/c1-25-16-11-14(12-17(26-2)20(16)27-3)9-10-18(22)21(13-19(23)24)15-7-5-4-6-8-15/h4-8,11-12H,9-10,13H2,1-3H3,(H,23,24). The zero-order valence-corrected chi connectivity index (χ0v) is 15.6. The fraction of sp³-hybridized carbons (Fsp3) is 0.300. The van der Waals surface area contributed by atoms with E-state index in [-0.39, 0.29) is 12.3 Å². The summed E-state index contributed by atoms with van der Waals surface area (Å²) < 4.78 is 15.9. The first kappa shape index (κ1) is 20.1. The van der Waals surface area contributed by atoms with Gasteiger partial charge in [0.25, 0.3) is 0 Å². The average Bonchev–Trinajstić information content (AvgIpc) is 2.69. The van der Waals surface area contributed by atoms with Crippen molar-refractivity contribution in [2.45, 2.75) is 12.8 Å². The lowest BCUT2D eigenvalue weighted by molar-refractivity contribution is -0.136. The molecule has 27 heavy (non-hydrogen) atoms. The lowest BCUT2D eigenvalue weighted by atomic mass is 10.1. The molecule has 2 aromatic rings. The Bertz CT molecular complexity index is 765. The molecule has 0 bridgehead atoms. The number of anilines is 1. The fourth-order valence-corrected chi connectivity index (χ4v) is 2.73. The number of aryl methyl sites for hydroxylation is 1. The van der Waals surface area contributed by atoms with Crippen molar-refractivity contribution in [2.75, 3.05) is 32.8 Å². The van der Waals surface area contributed by atoms with Crippen LogP contribution in [0.25, 0.3) is 0 Å². The van der Waals surface area contributed by atoms with Gasteiger partial charge in [0.15, 0.2) is 11.5 Å². The first-order valence-corrected chi connectivity index (χ1v) is 8.36. The first-order valence-electron chi connectivity index (χ1n) is 8.36. The van der Waals surface area contributed by atoms with Crippen LogP contribution < -0.4 is 19.1 Å². The molecular weight excluding hydrogens is 350 g/mol. The van der Waals surface area contributed by atoms with Gasteiger partial charge in [-0.25, -0.2) is 0 Å². The molecular formula is C20H23NO6. The number of nitrogens with zero attached hydrogens (tertiary/aromatic N) is 1. The van der Waals surface area contributed by atoms with Gasteiger partial charge in [0.2, 0.25) is 11.7 Å². The summed E-state index contributed by atoms with van der Waals surface area (Å²) in [5.74, 6) is 0.138. The summed E-state index contributed by atoms with van der Waals surface area (Å²) in [7, 11) is 4.57. The van der Waals surface area contributed by atoms with E-state index in [4.69, 9.17) is 19.3 Å². The molecule has 0 unspecified atom stereocenters. The molecule has 0 fully saturated rings. The van der Waals surface area contributed by atoms with Gasteiger partial charge >= 0.3 is 5.97 Å². The van der Waals surface area contributed by atoms with Crippen LogP contribution in [0, 0.1) is 0 Å². The molecule has 0 heterocycles. The minimum atomic E-state index is -1.07.